The van der Waals surface area contributed by atoms with Crippen LogP contribution in [0.25, 0.3) is 11.8 Å². The van der Waals surface area contributed by atoms with Gasteiger partial charge in [0, 0.05) is 22.7 Å². The van der Waals surface area contributed by atoms with Gasteiger partial charge in [0.2, 0.25) is 0 Å². The maximum Gasteiger partial charge on any atom is 0.271 e. The second kappa shape index (κ2) is 12.5. The number of allylic oxidation sites excluding steroid dienone is 1. The van der Waals surface area contributed by atoms with Crippen molar-refractivity contribution in [1.82, 2.24) is 4.57 Å². The minimum atomic E-state index is -0.434. The number of aromatic nitrogens is 1. The van der Waals surface area contributed by atoms with Crippen LogP contribution in [0.2, 0.25) is 5.02 Å². The molecule has 0 saturated carbocycles. The monoisotopic (exact) mass is 761 g/mol. The number of fused-ring (bicyclic) bond motifs is 3. The molecule has 0 radical (unpaired) electrons. The van der Waals surface area contributed by atoms with Gasteiger partial charge in [-0.3, -0.25) is 19.5 Å². The van der Waals surface area contributed by atoms with Crippen LogP contribution >= 0.6 is 45.5 Å². The lowest BCUT2D eigenvalue weighted by atomic mass is 9.83. The summed E-state index contributed by atoms with van der Waals surface area (Å²) in [6, 6.07) is 25.7. The summed E-state index contributed by atoms with van der Waals surface area (Å²) in [4.78, 5) is 30.4. The van der Waals surface area contributed by atoms with Crippen molar-refractivity contribution in [2.75, 3.05) is 7.11 Å². The number of hydrogen-bond acceptors (Lipinski definition) is 7. The fraction of sp³-hybridized carbons (Fsp3) is 0.143. The molecule has 2 heterocycles. The molecule has 46 heavy (non-hydrogen) atoms. The van der Waals surface area contributed by atoms with E-state index in [-0.39, 0.29) is 23.9 Å². The highest BCUT2D eigenvalue weighted by molar-refractivity contribution is 14.1. The second-order valence-electron chi connectivity index (χ2n) is 10.9. The second-order valence-corrected chi connectivity index (χ2v) is 13.5. The van der Waals surface area contributed by atoms with Crippen molar-refractivity contribution < 1.29 is 14.4 Å². The number of nitrogens with zero attached hydrogens (tertiary/aromatic N) is 3. The molecule has 1 aliphatic carbocycles. The zero-order valence-electron chi connectivity index (χ0n) is 24.4. The van der Waals surface area contributed by atoms with E-state index in [2.05, 4.69) is 40.8 Å². The van der Waals surface area contributed by atoms with Gasteiger partial charge < -0.3 is 9.47 Å². The lowest BCUT2D eigenvalue weighted by molar-refractivity contribution is -0.384. The van der Waals surface area contributed by atoms with Crippen molar-refractivity contribution in [3.63, 3.8) is 0 Å². The van der Waals surface area contributed by atoms with Crippen molar-refractivity contribution in [1.29, 1.82) is 0 Å². The summed E-state index contributed by atoms with van der Waals surface area (Å²) in [6.45, 7) is 0.206. The molecular weight excluding hydrogens is 737 g/mol. The number of benzene rings is 4. The van der Waals surface area contributed by atoms with Crippen LogP contribution in [0.3, 0.4) is 0 Å². The molecular formula is C35H25ClIN3O5S. The van der Waals surface area contributed by atoms with E-state index in [1.807, 2.05) is 48.5 Å². The van der Waals surface area contributed by atoms with Gasteiger partial charge in [-0.2, -0.15) is 0 Å². The first kappa shape index (κ1) is 30.4. The predicted octanol–water partition coefficient (Wildman–Crippen LogP) is 7.07. The van der Waals surface area contributed by atoms with Crippen LogP contribution in [0.5, 0.6) is 11.5 Å². The minimum Gasteiger partial charge on any atom is -0.493 e. The fourth-order valence-electron chi connectivity index (χ4n) is 5.98. The van der Waals surface area contributed by atoms with E-state index in [9.17, 15) is 14.9 Å². The van der Waals surface area contributed by atoms with Crippen LogP contribution < -0.4 is 24.4 Å². The van der Waals surface area contributed by atoms with E-state index in [0.717, 1.165) is 49.9 Å². The zero-order valence-corrected chi connectivity index (χ0v) is 28.1. The van der Waals surface area contributed by atoms with Crippen LogP contribution in [0.15, 0.2) is 100 Å². The maximum atomic E-state index is 14.2. The number of nitro benzene ring substituents is 1. The number of thiazole rings is 1. The number of hydrogen-bond donors (Lipinski definition) is 0. The van der Waals surface area contributed by atoms with Crippen molar-refractivity contribution >= 4 is 63.0 Å². The summed E-state index contributed by atoms with van der Waals surface area (Å²) >= 11 is 10.3. The van der Waals surface area contributed by atoms with Crippen LogP contribution in [0.1, 0.15) is 40.3 Å². The van der Waals surface area contributed by atoms with Crippen molar-refractivity contribution in [2.45, 2.75) is 25.5 Å². The molecule has 1 aliphatic heterocycles. The largest absolute Gasteiger partial charge is 0.493 e. The number of rotatable bonds is 7. The van der Waals surface area contributed by atoms with Crippen molar-refractivity contribution in [2.24, 2.45) is 4.99 Å². The smallest absolute Gasteiger partial charge is 0.271 e. The number of methoxy groups -OCH3 is 1. The number of halogens is 2. The van der Waals surface area contributed by atoms with Gasteiger partial charge >= 0.3 is 0 Å². The van der Waals surface area contributed by atoms with Gasteiger partial charge in [-0.05, 0) is 99.7 Å². The van der Waals surface area contributed by atoms with E-state index >= 15 is 0 Å². The van der Waals surface area contributed by atoms with Gasteiger partial charge in [-0.1, -0.05) is 65.4 Å². The van der Waals surface area contributed by atoms with E-state index in [1.165, 1.54) is 29.0 Å². The quantitative estimate of drug-likeness (QED) is 0.101. The molecule has 8 nitrogen and oxygen atoms in total. The summed E-state index contributed by atoms with van der Waals surface area (Å²) in [5, 5.41) is 11.6. The van der Waals surface area contributed by atoms with Crippen LogP contribution in [0, 0.1) is 13.7 Å². The Morgan fingerprint density at radius 3 is 2.61 bits per heavy atom. The highest BCUT2D eigenvalue weighted by Gasteiger charge is 2.33. The van der Waals surface area contributed by atoms with Crippen LogP contribution in [-0.2, 0) is 13.0 Å². The molecule has 0 spiro atoms. The zero-order chi connectivity index (χ0) is 31.9. The SMILES string of the molecule is COc1cc(/C=c2/sc3n(c2=O)[C@@H](c2ccccc2Cl)C2=C(N=3)c3ccccc3CC2)cc(I)c1OCc1ccc([N+](=O)[O-])cc1. The lowest BCUT2D eigenvalue weighted by Crippen LogP contribution is -2.38. The molecule has 1 atom stereocenters. The summed E-state index contributed by atoms with van der Waals surface area (Å²) in [5.74, 6) is 1.05. The molecule has 0 N–H and O–H groups in total. The first-order chi connectivity index (χ1) is 22.3. The maximum absolute atomic E-state index is 14.2. The molecule has 7 rings (SSSR count). The molecule has 5 aromatic rings. The third kappa shape index (κ3) is 5.54. The van der Waals surface area contributed by atoms with Gasteiger partial charge in [0.1, 0.15) is 6.61 Å². The number of non-ortho nitro benzene ring substituents is 1. The topological polar surface area (TPSA) is 96.0 Å². The Bertz CT molecular complexity index is 2240. The molecule has 0 fully saturated rings. The third-order valence-electron chi connectivity index (χ3n) is 8.15. The highest BCUT2D eigenvalue weighted by atomic mass is 127. The minimum absolute atomic E-state index is 0.0220. The number of nitro groups is 1. The fourth-order valence-corrected chi connectivity index (χ4v) is 8.00. The van der Waals surface area contributed by atoms with E-state index in [0.29, 0.717) is 25.9 Å². The van der Waals surface area contributed by atoms with Gasteiger partial charge in [0.25, 0.3) is 11.2 Å². The predicted molar refractivity (Wildman–Crippen MR) is 187 cm³/mol. The summed E-state index contributed by atoms with van der Waals surface area (Å²) in [7, 11) is 1.56. The molecule has 4 aromatic carbocycles. The van der Waals surface area contributed by atoms with Crippen molar-refractivity contribution in [3.8, 4) is 11.5 Å². The summed E-state index contributed by atoms with van der Waals surface area (Å²) < 4.78 is 14.9. The molecule has 2 aliphatic rings. The molecule has 230 valence electrons. The standard InChI is InChI=1S/C35H25ClIN3O5S/c1-44-29-17-21(16-28(37)33(29)45-19-20-10-13-23(14-11-20)40(42)43)18-30-34(41)39-32(25-8-4-5-9-27(25)36)26-15-12-22-6-2-3-7-24(22)31(26)38-35(39)46-30/h2-11,13-14,16-18,32H,12,15,19H2,1H3/b30-18+/t32-/m0/s1. The average molecular weight is 762 g/mol. The normalized spacial score (nSPS) is 15.5. The van der Waals surface area contributed by atoms with Gasteiger partial charge in [-0.15, -0.1) is 0 Å². The first-order valence-corrected chi connectivity index (χ1v) is 16.7. The summed E-state index contributed by atoms with van der Waals surface area (Å²) in [5.41, 5.74) is 6.69. The van der Waals surface area contributed by atoms with Gasteiger partial charge in [0.05, 0.1) is 31.9 Å². The Kier molecular flexibility index (Phi) is 8.26. The van der Waals surface area contributed by atoms with Gasteiger partial charge in [-0.25, -0.2) is 4.99 Å². The summed E-state index contributed by atoms with van der Waals surface area (Å²) in [6.07, 6.45) is 3.51. The van der Waals surface area contributed by atoms with Crippen LogP contribution in [-0.4, -0.2) is 16.6 Å². The Labute approximate surface area is 286 Å². The molecule has 1 aromatic heterocycles. The Balaban J connectivity index is 1.29. The Morgan fingerprint density at radius 1 is 1.09 bits per heavy atom. The molecule has 11 heteroatoms. The number of ether oxygens (including phenoxy) is 2. The lowest BCUT2D eigenvalue weighted by Gasteiger charge is -2.31. The van der Waals surface area contributed by atoms with Gasteiger partial charge in [0.15, 0.2) is 16.3 Å². The van der Waals surface area contributed by atoms with Crippen LogP contribution in [0.4, 0.5) is 5.69 Å². The van der Waals surface area contributed by atoms with Crippen molar-refractivity contribution in [3.05, 3.63) is 157 Å². The average Bonchev–Trinajstić information content (AvgIpc) is 3.37. The van der Waals surface area contributed by atoms with E-state index < -0.39 is 4.92 Å². The molecule has 0 unspecified atom stereocenters. The molecule has 0 bridgehead atoms. The Hall–Kier alpha value is -4.26. The van der Waals surface area contributed by atoms with E-state index in [1.54, 1.807) is 23.8 Å². The Morgan fingerprint density at radius 2 is 1.85 bits per heavy atom. The third-order valence-corrected chi connectivity index (χ3v) is 10.3. The molecule has 0 amide bonds. The molecule has 0 saturated heterocycles. The van der Waals surface area contributed by atoms with E-state index in [4.69, 9.17) is 26.1 Å². The number of aryl methyl sites for hydroxylation is 1. The highest BCUT2D eigenvalue weighted by Crippen LogP contribution is 2.42. The first-order valence-electron chi connectivity index (χ1n) is 14.4.